The summed E-state index contributed by atoms with van der Waals surface area (Å²) in [5.41, 5.74) is 0.471. The van der Waals surface area contributed by atoms with Gasteiger partial charge in [0.2, 0.25) is 0 Å². The van der Waals surface area contributed by atoms with E-state index in [2.05, 4.69) is 32.9 Å². The van der Waals surface area contributed by atoms with E-state index in [9.17, 15) is 4.79 Å². The first-order chi connectivity index (χ1) is 6.40. The molecule has 1 aromatic rings. The maximum atomic E-state index is 11.7. The van der Waals surface area contributed by atoms with Crippen LogP contribution in [0.1, 0.15) is 31.1 Å². The predicted molar refractivity (Wildman–Crippen MR) is 64.2 cm³/mol. The number of aromatic nitrogens is 1. The van der Waals surface area contributed by atoms with Gasteiger partial charge in [0.1, 0.15) is 0 Å². The van der Waals surface area contributed by atoms with Gasteiger partial charge in [0.05, 0.1) is 5.56 Å². The van der Waals surface area contributed by atoms with Crippen LogP contribution in [0.5, 0.6) is 0 Å². The number of nitrogens with zero attached hydrogens (tertiary/aromatic N) is 1. The van der Waals surface area contributed by atoms with E-state index < -0.39 is 0 Å². The molecule has 0 saturated heterocycles. The fourth-order valence-electron chi connectivity index (χ4n) is 0.967. The number of carbonyl (C=O) groups excluding carboxylic acids is 1. The lowest BCUT2D eigenvalue weighted by Gasteiger charge is -2.20. The van der Waals surface area contributed by atoms with Gasteiger partial charge in [-0.3, -0.25) is 9.78 Å². The lowest BCUT2D eigenvalue weighted by molar-refractivity contribution is 0.0918. The van der Waals surface area contributed by atoms with Crippen LogP contribution in [0.2, 0.25) is 0 Å². The molecule has 1 heterocycles. The van der Waals surface area contributed by atoms with Gasteiger partial charge in [0, 0.05) is 21.5 Å². The van der Waals surface area contributed by atoms with Crippen molar-refractivity contribution in [2.75, 3.05) is 0 Å². The van der Waals surface area contributed by atoms with Crippen LogP contribution in [0.3, 0.4) is 0 Å². The van der Waals surface area contributed by atoms with Crippen molar-refractivity contribution in [3.63, 3.8) is 0 Å². The molecule has 1 rings (SSSR count). The summed E-state index contributed by atoms with van der Waals surface area (Å²) in [7, 11) is 0. The topological polar surface area (TPSA) is 42.0 Å². The molecule has 14 heavy (non-hydrogen) atoms. The summed E-state index contributed by atoms with van der Waals surface area (Å²) >= 11 is 2.10. The molecule has 0 aliphatic heterocycles. The normalized spacial score (nSPS) is 11.1. The summed E-state index contributed by atoms with van der Waals surface area (Å²) in [6.45, 7) is 5.87. The largest absolute Gasteiger partial charge is 0.347 e. The first-order valence-electron chi connectivity index (χ1n) is 4.32. The highest BCUT2D eigenvalue weighted by molar-refractivity contribution is 14.1. The quantitative estimate of drug-likeness (QED) is 0.808. The Morgan fingerprint density at radius 1 is 1.50 bits per heavy atom. The molecule has 0 saturated carbocycles. The smallest absolute Gasteiger partial charge is 0.252 e. The number of rotatable bonds is 1. The van der Waals surface area contributed by atoms with Crippen molar-refractivity contribution < 1.29 is 4.79 Å². The SMILES string of the molecule is CC(C)(C)NC(=O)c1ccncc1I. The van der Waals surface area contributed by atoms with Gasteiger partial charge in [0.15, 0.2) is 0 Å². The average Bonchev–Trinajstić information content (AvgIpc) is 2.01. The van der Waals surface area contributed by atoms with Crippen molar-refractivity contribution in [1.82, 2.24) is 10.3 Å². The van der Waals surface area contributed by atoms with Crippen molar-refractivity contribution in [3.8, 4) is 0 Å². The Morgan fingerprint density at radius 2 is 2.14 bits per heavy atom. The van der Waals surface area contributed by atoms with Gasteiger partial charge in [-0.2, -0.15) is 0 Å². The standard InChI is InChI=1S/C10H13IN2O/c1-10(2,3)13-9(14)7-4-5-12-6-8(7)11/h4-6H,1-3H3,(H,13,14). The maximum absolute atomic E-state index is 11.7. The van der Waals surface area contributed by atoms with Gasteiger partial charge in [0.25, 0.3) is 5.91 Å². The third-order valence-corrected chi connectivity index (χ3v) is 2.37. The van der Waals surface area contributed by atoms with E-state index in [1.54, 1.807) is 18.5 Å². The van der Waals surface area contributed by atoms with Crippen LogP contribution in [0.4, 0.5) is 0 Å². The van der Waals surface area contributed by atoms with E-state index >= 15 is 0 Å². The van der Waals surface area contributed by atoms with Crippen molar-refractivity contribution in [2.24, 2.45) is 0 Å². The van der Waals surface area contributed by atoms with Crippen molar-refractivity contribution in [1.29, 1.82) is 0 Å². The summed E-state index contributed by atoms with van der Waals surface area (Å²) in [4.78, 5) is 15.7. The molecular weight excluding hydrogens is 291 g/mol. The second-order valence-corrected chi connectivity index (χ2v) is 5.22. The molecule has 76 valence electrons. The minimum atomic E-state index is -0.205. The molecular formula is C10H13IN2O. The van der Waals surface area contributed by atoms with Crippen LogP contribution < -0.4 is 5.32 Å². The highest BCUT2D eigenvalue weighted by atomic mass is 127. The minimum absolute atomic E-state index is 0.0516. The van der Waals surface area contributed by atoms with E-state index in [0.717, 1.165) is 3.57 Å². The molecule has 4 heteroatoms. The average molecular weight is 304 g/mol. The Labute approximate surface area is 97.4 Å². The summed E-state index contributed by atoms with van der Waals surface area (Å²) < 4.78 is 0.867. The Bertz CT molecular complexity index is 344. The molecule has 0 aromatic carbocycles. The number of hydrogen-bond donors (Lipinski definition) is 1. The van der Waals surface area contributed by atoms with Crippen LogP contribution in [0.25, 0.3) is 0 Å². The Balaban J connectivity index is 2.86. The molecule has 1 amide bonds. The van der Waals surface area contributed by atoms with Crippen LogP contribution in [-0.4, -0.2) is 16.4 Å². The van der Waals surface area contributed by atoms with E-state index in [-0.39, 0.29) is 11.4 Å². The number of carbonyl (C=O) groups is 1. The van der Waals surface area contributed by atoms with Crippen LogP contribution in [0.15, 0.2) is 18.5 Å². The van der Waals surface area contributed by atoms with E-state index in [0.29, 0.717) is 5.56 Å². The minimum Gasteiger partial charge on any atom is -0.347 e. The zero-order chi connectivity index (χ0) is 10.8. The second kappa shape index (κ2) is 4.25. The van der Waals surface area contributed by atoms with E-state index in [1.807, 2.05) is 20.8 Å². The van der Waals surface area contributed by atoms with E-state index in [1.165, 1.54) is 0 Å². The lowest BCUT2D eigenvalue weighted by Crippen LogP contribution is -2.40. The summed E-state index contributed by atoms with van der Waals surface area (Å²) in [5.74, 6) is -0.0516. The monoisotopic (exact) mass is 304 g/mol. The van der Waals surface area contributed by atoms with Gasteiger partial charge >= 0.3 is 0 Å². The van der Waals surface area contributed by atoms with Crippen LogP contribution in [0, 0.1) is 3.57 Å². The first kappa shape index (κ1) is 11.4. The highest BCUT2D eigenvalue weighted by Gasteiger charge is 2.16. The highest BCUT2D eigenvalue weighted by Crippen LogP contribution is 2.11. The number of hydrogen-bond acceptors (Lipinski definition) is 2. The third-order valence-electron chi connectivity index (χ3n) is 1.51. The molecule has 0 aliphatic carbocycles. The van der Waals surface area contributed by atoms with E-state index in [4.69, 9.17) is 0 Å². The summed E-state index contributed by atoms with van der Waals surface area (Å²) in [6, 6.07) is 1.73. The molecule has 0 bridgehead atoms. The predicted octanol–water partition coefficient (Wildman–Crippen LogP) is 2.21. The van der Waals surface area contributed by atoms with Gasteiger partial charge in [-0.1, -0.05) is 0 Å². The number of pyridine rings is 1. The number of halogens is 1. The lowest BCUT2D eigenvalue weighted by atomic mass is 10.1. The van der Waals surface area contributed by atoms with Gasteiger partial charge in [-0.15, -0.1) is 0 Å². The van der Waals surface area contributed by atoms with Crippen molar-refractivity contribution >= 4 is 28.5 Å². The molecule has 0 radical (unpaired) electrons. The third kappa shape index (κ3) is 3.25. The molecule has 1 aromatic heterocycles. The zero-order valence-corrected chi connectivity index (χ0v) is 10.6. The fraction of sp³-hybridized carbons (Fsp3) is 0.400. The van der Waals surface area contributed by atoms with Gasteiger partial charge in [-0.05, 0) is 49.4 Å². The zero-order valence-electron chi connectivity index (χ0n) is 8.47. The van der Waals surface area contributed by atoms with Gasteiger partial charge < -0.3 is 5.32 Å². The number of amides is 1. The Kier molecular flexibility index (Phi) is 3.47. The maximum Gasteiger partial charge on any atom is 0.252 e. The van der Waals surface area contributed by atoms with Crippen LogP contribution >= 0.6 is 22.6 Å². The Hall–Kier alpha value is -0.650. The number of nitrogens with one attached hydrogen (secondary N) is 1. The molecule has 0 aliphatic rings. The summed E-state index contributed by atoms with van der Waals surface area (Å²) in [5, 5.41) is 2.90. The second-order valence-electron chi connectivity index (χ2n) is 4.06. The molecule has 0 atom stereocenters. The molecule has 0 fully saturated rings. The fourth-order valence-corrected chi connectivity index (χ4v) is 1.55. The molecule has 0 unspecified atom stereocenters. The van der Waals surface area contributed by atoms with Crippen LogP contribution in [-0.2, 0) is 0 Å². The first-order valence-corrected chi connectivity index (χ1v) is 5.40. The molecule has 3 nitrogen and oxygen atoms in total. The summed E-state index contributed by atoms with van der Waals surface area (Å²) in [6.07, 6.45) is 3.30. The van der Waals surface area contributed by atoms with Crippen molar-refractivity contribution in [3.05, 3.63) is 27.6 Å². The van der Waals surface area contributed by atoms with Gasteiger partial charge in [-0.25, -0.2) is 0 Å². The van der Waals surface area contributed by atoms with Crippen molar-refractivity contribution in [2.45, 2.75) is 26.3 Å². The molecule has 1 N–H and O–H groups in total. The Morgan fingerprint density at radius 3 is 2.64 bits per heavy atom. The molecule has 0 spiro atoms.